The second kappa shape index (κ2) is 4.26. The van der Waals surface area contributed by atoms with Crippen LogP contribution in [0.2, 0.25) is 0 Å². The van der Waals surface area contributed by atoms with E-state index in [4.69, 9.17) is 5.26 Å². The van der Waals surface area contributed by atoms with Crippen LogP contribution < -0.4 is 9.44 Å². The highest BCUT2D eigenvalue weighted by molar-refractivity contribution is 7.87. The predicted octanol–water partition coefficient (Wildman–Crippen LogP) is 0.121. The summed E-state index contributed by atoms with van der Waals surface area (Å²) in [5.74, 6) is 0.198. The van der Waals surface area contributed by atoms with Gasteiger partial charge in [-0.25, -0.2) is 0 Å². The first-order valence-electron chi connectivity index (χ1n) is 4.64. The summed E-state index contributed by atoms with van der Waals surface area (Å²) in [5.41, 5.74) is 0. The third-order valence-corrected chi connectivity index (χ3v) is 3.25. The molecule has 80 valence electrons. The number of hydrogen-bond donors (Lipinski definition) is 2. The molecule has 0 radical (unpaired) electrons. The van der Waals surface area contributed by atoms with E-state index in [-0.39, 0.29) is 12.0 Å². The number of nitrogens with one attached hydrogen (secondary N) is 2. The van der Waals surface area contributed by atoms with Crippen LogP contribution in [0, 0.1) is 17.2 Å². The monoisotopic (exact) mass is 217 g/mol. The fraction of sp³-hybridized carbons (Fsp3) is 0.875. The molecule has 0 heterocycles. The van der Waals surface area contributed by atoms with E-state index in [0.29, 0.717) is 0 Å². The van der Waals surface area contributed by atoms with Crippen LogP contribution in [0.5, 0.6) is 0 Å². The summed E-state index contributed by atoms with van der Waals surface area (Å²) < 4.78 is 27.5. The molecular weight excluding hydrogens is 202 g/mol. The van der Waals surface area contributed by atoms with Crippen molar-refractivity contribution in [1.82, 2.24) is 9.44 Å². The lowest BCUT2D eigenvalue weighted by molar-refractivity contribution is 0.536. The molecular formula is C8H15N3O2S. The fourth-order valence-electron chi connectivity index (χ4n) is 1.17. The minimum Gasteiger partial charge on any atom is -0.200 e. The quantitative estimate of drug-likeness (QED) is 0.686. The van der Waals surface area contributed by atoms with E-state index in [1.54, 1.807) is 13.8 Å². The molecule has 0 spiro atoms. The maximum atomic E-state index is 11.4. The van der Waals surface area contributed by atoms with Crippen LogP contribution in [0.15, 0.2) is 0 Å². The van der Waals surface area contributed by atoms with Crippen molar-refractivity contribution in [3.63, 3.8) is 0 Å². The predicted molar refractivity (Wildman–Crippen MR) is 52.5 cm³/mol. The zero-order valence-electron chi connectivity index (χ0n) is 8.32. The molecule has 0 aromatic carbocycles. The first-order chi connectivity index (χ1) is 6.44. The van der Waals surface area contributed by atoms with Gasteiger partial charge in [0.25, 0.3) is 10.2 Å². The van der Waals surface area contributed by atoms with Gasteiger partial charge in [-0.1, -0.05) is 0 Å². The van der Waals surface area contributed by atoms with E-state index < -0.39 is 16.3 Å². The van der Waals surface area contributed by atoms with E-state index in [1.165, 1.54) is 0 Å². The molecule has 0 aromatic heterocycles. The van der Waals surface area contributed by atoms with E-state index >= 15 is 0 Å². The van der Waals surface area contributed by atoms with Crippen molar-refractivity contribution in [2.75, 3.05) is 0 Å². The van der Waals surface area contributed by atoms with Gasteiger partial charge in [-0.05, 0) is 32.6 Å². The number of nitrogens with zero attached hydrogens (tertiary/aromatic N) is 1. The normalized spacial score (nSPS) is 19.3. The van der Waals surface area contributed by atoms with Gasteiger partial charge < -0.3 is 0 Å². The zero-order chi connectivity index (χ0) is 10.8. The highest BCUT2D eigenvalue weighted by Crippen LogP contribution is 2.32. The highest BCUT2D eigenvalue weighted by Gasteiger charge is 2.34. The first-order valence-corrected chi connectivity index (χ1v) is 6.12. The maximum Gasteiger partial charge on any atom is 0.278 e. The van der Waals surface area contributed by atoms with Crippen molar-refractivity contribution in [2.24, 2.45) is 5.92 Å². The van der Waals surface area contributed by atoms with Gasteiger partial charge >= 0.3 is 0 Å². The van der Waals surface area contributed by atoms with Gasteiger partial charge in [-0.15, -0.1) is 0 Å². The van der Waals surface area contributed by atoms with E-state index in [0.717, 1.165) is 12.8 Å². The Morgan fingerprint density at radius 3 is 2.29 bits per heavy atom. The van der Waals surface area contributed by atoms with Crippen LogP contribution in [-0.2, 0) is 10.2 Å². The summed E-state index contributed by atoms with van der Waals surface area (Å²) in [7, 11) is -3.52. The molecule has 1 fully saturated rings. The van der Waals surface area contributed by atoms with Crippen molar-refractivity contribution in [3.05, 3.63) is 0 Å². The van der Waals surface area contributed by atoms with Crippen molar-refractivity contribution in [3.8, 4) is 6.07 Å². The lowest BCUT2D eigenvalue weighted by atomic mass is 10.2. The summed E-state index contributed by atoms with van der Waals surface area (Å²) in [4.78, 5) is 0. The first kappa shape index (κ1) is 11.4. The molecule has 0 amide bonds. The van der Waals surface area contributed by atoms with Gasteiger partial charge in [0.05, 0.1) is 6.07 Å². The highest BCUT2D eigenvalue weighted by atomic mass is 32.2. The van der Waals surface area contributed by atoms with Crippen LogP contribution in [0.1, 0.15) is 26.7 Å². The summed E-state index contributed by atoms with van der Waals surface area (Å²) in [6.45, 7) is 3.47. The molecule has 1 saturated carbocycles. The molecule has 1 rings (SSSR count). The molecule has 1 atom stereocenters. The van der Waals surface area contributed by atoms with Crippen LogP contribution in [0.25, 0.3) is 0 Å². The molecule has 0 saturated heterocycles. The Morgan fingerprint density at radius 2 is 1.93 bits per heavy atom. The minimum absolute atomic E-state index is 0.161. The molecule has 1 unspecified atom stereocenters. The molecule has 2 N–H and O–H groups in total. The van der Waals surface area contributed by atoms with Crippen LogP contribution >= 0.6 is 0 Å². The Hall–Kier alpha value is -0.640. The van der Waals surface area contributed by atoms with Gasteiger partial charge in [0.1, 0.15) is 6.04 Å². The van der Waals surface area contributed by atoms with Gasteiger partial charge in [-0.3, -0.25) is 0 Å². The number of rotatable bonds is 5. The fourth-order valence-corrected chi connectivity index (χ4v) is 2.44. The van der Waals surface area contributed by atoms with E-state index in [1.807, 2.05) is 6.07 Å². The van der Waals surface area contributed by atoms with Gasteiger partial charge in [0.15, 0.2) is 0 Å². The second-order valence-corrected chi connectivity index (χ2v) is 5.32. The third-order valence-electron chi connectivity index (χ3n) is 1.91. The third kappa shape index (κ3) is 3.62. The molecule has 0 aromatic rings. The summed E-state index contributed by atoms with van der Waals surface area (Å²) in [6, 6.07) is 1.22. The lowest BCUT2D eigenvalue weighted by Gasteiger charge is -2.13. The maximum absolute atomic E-state index is 11.4. The summed E-state index contributed by atoms with van der Waals surface area (Å²) in [5, 5.41) is 8.73. The lowest BCUT2D eigenvalue weighted by Crippen LogP contribution is -2.45. The molecule has 0 aliphatic heterocycles. The van der Waals surface area contributed by atoms with Crippen molar-refractivity contribution < 1.29 is 8.42 Å². The SMILES string of the molecule is CC(C)NS(=O)(=O)NC(C#N)C1CC1. The van der Waals surface area contributed by atoms with Crippen molar-refractivity contribution >= 4 is 10.2 Å². The zero-order valence-corrected chi connectivity index (χ0v) is 9.13. The Kier molecular flexibility index (Phi) is 3.48. The van der Waals surface area contributed by atoms with Crippen LogP contribution in [0.4, 0.5) is 0 Å². The molecule has 1 aliphatic carbocycles. The Bertz CT molecular complexity index is 327. The smallest absolute Gasteiger partial charge is 0.200 e. The van der Waals surface area contributed by atoms with Gasteiger partial charge in [-0.2, -0.15) is 23.1 Å². The number of nitriles is 1. The summed E-state index contributed by atoms with van der Waals surface area (Å²) in [6.07, 6.45) is 1.87. The topological polar surface area (TPSA) is 82.0 Å². The van der Waals surface area contributed by atoms with Crippen LogP contribution in [-0.4, -0.2) is 20.5 Å². The minimum atomic E-state index is -3.52. The Labute approximate surface area is 84.7 Å². The molecule has 14 heavy (non-hydrogen) atoms. The molecule has 0 bridgehead atoms. The Balaban J connectivity index is 2.53. The van der Waals surface area contributed by atoms with Gasteiger partial charge in [0, 0.05) is 6.04 Å². The number of hydrogen-bond acceptors (Lipinski definition) is 3. The second-order valence-electron chi connectivity index (χ2n) is 3.84. The van der Waals surface area contributed by atoms with Gasteiger partial charge in [0.2, 0.25) is 0 Å². The van der Waals surface area contributed by atoms with Crippen molar-refractivity contribution in [1.29, 1.82) is 5.26 Å². The molecule has 6 heteroatoms. The Morgan fingerprint density at radius 1 is 1.36 bits per heavy atom. The molecule has 1 aliphatic rings. The largest absolute Gasteiger partial charge is 0.278 e. The standard InChI is InChI=1S/C8H15N3O2S/c1-6(2)10-14(12,13)11-8(5-9)7-3-4-7/h6-8,10-11H,3-4H2,1-2H3. The van der Waals surface area contributed by atoms with Crippen LogP contribution in [0.3, 0.4) is 0 Å². The van der Waals surface area contributed by atoms with E-state index in [2.05, 4.69) is 9.44 Å². The van der Waals surface area contributed by atoms with Crippen molar-refractivity contribution in [2.45, 2.75) is 38.8 Å². The van der Waals surface area contributed by atoms with E-state index in [9.17, 15) is 8.42 Å². The average Bonchev–Trinajstić information content (AvgIpc) is 2.79. The average molecular weight is 217 g/mol. The molecule has 5 nitrogen and oxygen atoms in total. The summed E-state index contributed by atoms with van der Waals surface area (Å²) >= 11 is 0.